The van der Waals surface area contributed by atoms with E-state index in [1.54, 1.807) is 24.6 Å². The van der Waals surface area contributed by atoms with E-state index in [0.717, 1.165) is 5.56 Å². The number of hydrogen-bond donors (Lipinski definition) is 1. The second-order valence-corrected chi connectivity index (χ2v) is 12.4. The first-order valence-electron chi connectivity index (χ1n) is 8.61. The van der Waals surface area contributed by atoms with Gasteiger partial charge in [-0.15, -0.1) is 10.7 Å². The van der Waals surface area contributed by atoms with Gasteiger partial charge in [-0.05, 0) is 47.3 Å². The van der Waals surface area contributed by atoms with Crippen LogP contribution in [-0.2, 0) is 31.4 Å². The predicted octanol–water partition coefficient (Wildman–Crippen LogP) is 2.46. The van der Waals surface area contributed by atoms with Gasteiger partial charge in [-0.2, -0.15) is 8.43 Å². The Kier molecular flexibility index (Phi) is 7.15. The van der Waals surface area contributed by atoms with E-state index < -0.39 is 30.7 Å². The van der Waals surface area contributed by atoms with Crippen molar-refractivity contribution < 1.29 is 21.6 Å². The van der Waals surface area contributed by atoms with Crippen molar-refractivity contribution in [2.45, 2.75) is 16.4 Å². The molecule has 0 aromatic heterocycles. The van der Waals surface area contributed by atoms with Crippen molar-refractivity contribution in [3.05, 3.63) is 59.1 Å². The zero-order chi connectivity index (χ0) is 21.1. The number of rotatable bonds is 7. The van der Waals surface area contributed by atoms with E-state index in [1.807, 2.05) is 0 Å². The minimum atomic E-state index is -3.69. The minimum absolute atomic E-state index is 0.128. The highest BCUT2D eigenvalue weighted by atomic mass is 35.5. The molecule has 1 unspecified atom stereocenters. The molecule has 0 fully saturated rings. The molecule has 1 N–H and O–H groups in total. The second kappa shape index (κ2) is 9.25. The lowest BCUT2D eigenvalue weighted by Gasteiger charge is -2.26. The molecule has 0 radical (unpaired) electrons. The molecule has 0 bridgehead atoms. The fourth-order valence-corrected chi connectivity index (χ4v) is 7.99. The third kappa shape index (κ3) is 5.46. The maximum Gasteiger partial charge on any atom is 0.249 e. The molecule has 158 valence electrons. The normalized spacial score (nSPS) is 18.3. The van der Waals surface area contributed by atoms with E-state index in [-0.39, 0.29) is 22.9 Å². The summed E-state index contributed by atoms with van der Waals surface area (Å²) >= 11 is 5.82. The number of nitrogens with zero attached hydrogens (tertiary/aromatic N) is 1. The summed E-state index contributed by atoms with van der Waals surface area (Å²) in [5.41, 5.74) is 0.876. The van der Waals surface area contributed by atoms with E-state index in [0.29, 0.717) is 17.4 Å². The Morgan fingerprint density at radius 2 is 1.66 bits per heavy atom. The molecule has 2 aromatic rings. The highest BCUT2D eigenvalue weighted by Crippen LogP contribution is 2.23. The zero-order valence-corrected chi connectivity index (χ0v) is 18.8. The number of hydrogen-bond acceptors (Lipinski definition) is 5. The number of sulfonamides is 2. The van der Waals surface area contributed by atoms with Crippen LogP contribution in [0.5, 0.6) is 0 Å². The molecule has 0 saturated heterocycles. The molecule has 1 aliphatic rings. The second-order valence-electron chi connectivity index (χ2n) is 6.28. The molecule has 0 amide bonds. The van der Waals surface area contributed by atoms with E-state index >= 15 is 0 Å². The average Bonchev–Trinajstić information content (AvgIpc) is 2.69. The van der Waals surface area contributed by atoms with Crippen LogP contribution in [0.4, 0.5) is 0 Å². The van der Waals surface area contributed by atoms with Gasteiger partial charge in [0.15, 0.2) is 0 Å². The van der Waals surface area contributed by atoms with Gasteiger partial charge in [0.05, 0.1) is 16.4 Å². The van der Waals surface area contributed by atoms with Crippen molar-refractivity contribution in [2.24, 2.45) is 0 Å². The van der Waals surface area contributed by atoms with Crippen molar-refractivity contribution >= 4 is 47.7 Å². The largest absolute Gasteiger partial charge is 0.380 e. The lowest BCUT2D eigenvalue weighted by Crippen LogP contribution is -2.39. The van der Waals surface area contributed by atoms with E-state index in [4.69, 9.17) is 16.3 Å². The van der Waals surface area contributed by atoms with Crippen LogP contribution in [0.3, 0.4) is 0 Å². The van der Waals surface area contributed by atoms with Crippen LogP contribution in [0.2, 0.25) is 5.02 Å². The molecule has 1 heterocycles. The number of methoxy groups -OCH3 is 1. The fourth-order valence-electron chi connectivity index (χ4n) is 2.72. The van der Waals surface area contributed by atoms with Gasteiger partial charge in [0.2, 0.25) is 20.0 Å². The molecule has 0 aliphatic carbocycles. The van der Waals surface area contributed by atoms with E-state index in [9.17, 15) is 16.8 Å². The summed E-state index contributed by atoms with van der Waals surface area (Å²) in [7, 11) is -6.53. The third-order valence-electron chi connectivity index (χ3n) is 4.25. The molecular formula is C18H21ClN2O5S3. The molecule has 1 atom stereocenters. The van der Waals surface area contributed by atoms with Crippen molar-refractivity contribution in [3.8, 4) is 0 Å². The maximum atomic E-state index is 12.7. The quantitative estimate of drug-likeness (QED) is 0.619. The lowest BCUT2D eigenvalue weighted by molar-refractivity contribution is 0.185. The Bertz CT molecular complexity index is 1100. The first-order valence-corrected chi connectivity index (χ1v) is 13.4. The third-order valence-corrected chi connectivity index (χ3v) is 10.2. The summed E-state index contributed by atoms with van der Waals surface area (Å²) in [5.74, 6) is 0.369. The van der Waals surface area contributed by atoms with Crippen molar-refractivity contribution in [2.75, 3.05) is 26.0 Å². The number of ether oxygens (including phenoxy) is 1. The molecule has 7 nitrogen and oxygen atoms in total. The van der Waals surface area contributed by atoms with Gasteiger partial charge in [-0.1, -0.05) is 23.7 Å². The summed E-state index contributed by atoms with van der Waals surface area (Å²) in [6.07, 6.45) is 0. The summed E-state index contributed by atoms with van der Waals surface area (Å²) in [6, 6.07) is 12.4. The Hall–Kier alpha value is -1.27. The van der Waals surface area contributed by atoms with Gasteiger partial charge < -0.3 is 4.74 Å². The van der Waals surface area contributed by atoms with Gasteiger partial charge in [-0.3, -0.25) is 0 Å². The van der Waals surface area contributed by atoms with Gasteiger partial charge in [-0.25, -0.2) is 16.8 Å². The zero-order valence-electron chi connectivity index (χ0n) is 15.6. The van der Waals surface area contributed by atoms with Crippen LogP contribution in [0.1, 0.15) is 5.56 Å². The minimum Gasteiger partial charge on any atom is -0.380 e. The first-order chi connectivity index (χ1) is 13.7. The van der Waals surface area contributed by atoms with Crippen molar-refractivity contribution in [1.29, 1.82) is 0 Å². The van der Waals surface area contributed by atoms with Crippen LogP contribution >= 0.6 is 22.3 Å². The first kappa shape index (κ1) is 22.4. The molecule has 2 aromatic carbocycles. The Morgan fingerprint density at radius 3 is 2.21 bits per heavy atom. The van der Waals surface area contributed by atoms with E-state index in [2.05, 4.69) is 4.13 Å². The summed E-state index contributed by atoms with van der Waals surface area (Å²) in [6.45, 7) is 0.757. The Labute approximate surface area is 178 Å². The smallest absolute Gasteiger partial charge is 0.249 e. The molecule has 0 spiro atoms. The van der Waals surface area contributed by atoms with Crippen molar-refractivity contribution in [1.82, 2.24) is 8.43 Å². The fraction of sp³-hybridized carbons (Fsp3) is 0.278. The highest BCUT2D eigenvalue weighted by molar-refractivity contribution is 8.20. The highest BCUT2D eigenvalue weighted by Gasteiger charge is 2.27. The van der Waals surface area contributed by atoms with Gasteiger partial charge in [0.25, 0.3) is 0 Å². The topological polar surface area (TPSA) is 92.8 Å². The van der Waals surface area contributed by atoms with Crippen LogP contribution in [0.25, 0.3) is 0 Å². The lowest BCUT2D eigenvalue weighted by atomic mass is 10.2. The Morgan fingerprint density at radius 1 is 1.03 bits per heavy atom. The molecule has 11 heteroatoms. The average molecular weight is 477 g/mol. The molecule has 29 heavy (non-hydrogen) atoms. The molecule has 3 rings (SSSR count). The SMILES string of the molecule is COCc1ccc(S(=O)(=O)NS2=CCN(S(=O)(=O)c3ccc(Cl)cc3)CC2)cc1. The monoisotopic (exact) mass is 476 g/mol. The van der Waals surface area contributed by atoms with Crippen LogP contribution in [0, 0.1) is 0 Å². The summed E-state index contributed by atoms with van der Waals surface area (Å²) < 4.78 is 59.6. The molecule has 1 aliphatic heterocycles. The predicted molar refractivity (Wildman–Crippen MR) is 116 cm³/mol. The van der Waals surface area contributed by atoms with Gasteiger partial charge in [0, 0.05) is 31.0 Å². The molecular weight excluding hydrogens is 456 g/mol. The molecule has 0 saturated carbocycles. The van der Waals surface area contributed by atoms with E-state index in [1.165, 1.54) is 40.7 Å². The van der Waals surface area contributed by atoms with Crippen LogP contribution in [-0.4, -0.2) is 52.5 Å². The number of nitrogens with one attached hydrogen (secondary N) is 1. The van der Waals surface area contributed by atoms with Crippen LogP contribution in [0.15, 0.2) is 58.3 Å². The summed E-state index contributed by atoms with van der Waals surface area (Å²) in [4.78, 5) is 0.322. The Balaban J connectivity index is 1.69. The van der Waals surface area contributed by atoms with Crippen LogP contribution < -0.4 is 4.13 Å². The van der Waals surface area contributed by atoms with Crippen molar-refractivity contribution in [3.63, 3.8) is 0 Å². The standard InChI is InChI=1S/C18H21ClN2O5S3/c1-26-14-15-2-6-17(7-3-15)28(22,23)20-27-12-10-21(11-13-27)29(24,25)18-8-4-16(19)5-9-18/h2-9,12,20H,10-11,13-14H2,1H3. The maximum absolute atomic E-state index is 12.7. The summed E-state index contributed by atoms with van der Waals surface area (Å²) in [5, 5.41) is 2.15. The van der Waals surface area contributed by atoms with Gasteiger partial charge >= 0.3 is 0 Å². The number of benzene rings is 2. The number of halogens is 1. The van der Waals surface area contributed by atoms with Gasteiger partial charge in [0.1, 0.15) is 0 Å².